The van der Waals surface area contributed by atoms with Crippen LogP contribution in [-0.4, -0.2) is 22.7 Å². The molecule has 2 aromatic rings. The highest BCUT2D eigenvalue weighted by atomic mass is 16.6. The van der Waals surface area contributed by atoms with Crippen LogP contribution in [-0.2, 0) is 6.54 Å². The topological polar surface area (TPSA) is 83.6 Å². The quantitative estimate of drug-likeness (QED) is 0.0841. The number of nitro benzene ring substituents is 1. The van der Waals surface area contributed by atoms with E-state index in [1.54, 1.807) is 10.6 Å². The average Bonchev–Trinajstić information content (AvgIpc) is 2.88. The van der Waals surface area contributed by atoms with Crippen LogP contribution >= 0.6 is 0 Å². The second-order valence-corrected chi connectivity index (χ2v) is 10.2. The molecule has 38 heavy (non-hydrogen) atoms. The van der Waals surface area contributed by atoms with Crippen LogP contribution in [0.25, 0.3) is 10.9 Å². The zero-order valence-electron chi connectivity index (χ0n) is 24.0. The van der Waals surface area contributed by atoms with Gasteiger partial charge in [-0.2, -0.15) is 0 Å². The minimum absolute atomic E-state index is 0.0470. The maximum Gasteiger partial charge on any atom is 0.297 e. The van der Waals surface area contributed by atoms with Crippen LogP contribution in [0.4, 0.5) is 5.69 Å². The van der Waals surface area contributed by atoms with Crippen molar-refractivity contribution in [2.45, 2.75) is 105 Å². The molecule has 7 nitrogen and oxygen atoms in total. The number of fused-ring (bicyclic) bond motifs is 1. The number of aryl methyl sites for hydroxylation is 1. The van der Waals surface area contributed by atoms with Gasteiger partial charge in [0.1, 0.15) is 6.61 Å². The van der Waals surface area contributed by atoms with Gasteiger partial charge in [0.15, 0.2) is 5.75 Å². The molecule has 210 valence electrons. The third kappa shape index (κ3) is 9.66. The first-order valence-electron chi connectivity index (χ1n) is 14.2. The molecule has 7 heteroatoms. The molecule has 0 fully saturated rings. The Morgan fingerprint density at radius 1 is 0.947 bits per heavy atom. The Bertz CT molecular complexity index is 1160. The SMILES string of the molecule is CCCCCCCCn1c(=O)c(OCCCC)c(OC/C=C(\C)CCC=C(C)C)c2ccc([N+](=O)[O-])cc21. The molecule has 0 aliphatic carbocycles. The fraction of sp³-hybridized carbons (Fsp3) is 0.581. The first kappa shape index (κ1) is 31.1. The first-order valence-corrected chi connectivity index (χ1v) is 14.2. The molecule has 0 saturated heterocycles. The van der Waals surface area contributed by atoms with E-state index in [0.717, 1.165) is 44.9 Å². The molecule has 0 saturated carbocycles. The van der Waals surface area contributed by atoms with Crippen molar-refractivity contribution in [3.05, 3.63) is 62.0 Å². The Morgan fingerprint density at radius 3 is 2.34 bits per heavy atom. The number of unbranched alkanes of at least 4 members (excludes halogenated alkanes) is 6. The van der Waals surface area contributed by atoms with Gasteiger partial charge in [0.2, 0.25) is 5.75 Å². The second kappa shape index (κ2) is 16.7. The summed E-state index contributed by atoms with van der Waals surface area (Å²) in [6.07, 6.45) is 14.4. The van der Waals surface area contributed by atoms with Crippen LogP contribution in [0.3, 0.4) is 0 Å². The molecule has 0 aliphatic rings. The lowest BCUT2D eigenvalue weighted by molar-refractivity contribution is -0.384. The summed E-state index contributed by atoms with van der Waals surface area (Å²) in [5.74, 6) is 0.560. The van der Waals surface area contributed by atoms with Crippen molar-refractivity contribution < 1.29 is 14.4 Å². The molecule has 1 aromatic heterocycles. The number of rotatable bonds is 18. The fourth-order valence-electron chi connectivity index (χ4n) is 4.32. The molecule has 0 atom stereocenters. The minimum Gasteiger partial charge on any atom is -0.485 e. The summed E-state index contributed by atoms with van der Waals surface area (Å²) in [5.41, 5.74) is 2.67. The smallest absolute Gasteiger partial charge is 0.297 e. The molecule has 0 unspecified atom stereocenters. The van der Waals surface area contributed by atoms with Gasteiger partial charge in [-0.05, 0) is 58.6 Å². The van der Waals surface area contributed by atoms with Gasteiger partial charge in [-0.15, -0.1) is 0 Å². The number of ether oxygens (including phenoxy) is 2. The van der Waals surface area contributed by atoms with Gasteiger partial charge in [0.25, 0.3) is 11.2 Å². The Kier molecular flexibility index (Phi) is 13.7. The number of nitrogens with zero attached hydrogens (tertiary/aromatic N) is 2. The first-order chi connectivity index (χ1) is 18.3. The number of hydrogen-bond donors (Lipinski definition) is 0. The summed E-state index contributed by atoms with van der Waals surface area (Å²) in [4.78, 5) is 24.8. The molecular weight excluding hydrogens is 480 g/mol. The molecule has 1 heterocycles. The zero-order chi connectivity index (χ0) is 27.9. The van der Waals surface area contributed by atoms with E-state index in [4.69, 9.17) is 9.47 Å². The third-order valence-corrected chi connectivity index (χ3v) is 6.60. The van der Waals surface area contributed by atoms with Gasteiger partial charge < -0.3 is 14.0 Å². The van der Waals surface area contributed by atoms with Gasteiger partial charge in [-0.25, -0.2) is 0 Å². The fourth-order valence-corrected chi connectivity index (χ4v) is 4.32. The summed E-state index contributed by atoms with van der Waals surface area (Å²) in [6, 6.07) is 4.63. The number of nitro groups is 1. The van der Waals surface area contributed by atoms with Crippen molar-refractivity contribution in [3.63, 3.8) is 0 Å². The number of benzene rings is 1. The van der Waals surface area contributed by atoms with E-state index in [0.29, 0.717) is 29.8 Å². The van der Waals surface area contributed by atoms with Crippen LogP contribution in [0, 0.1) is 10.1 Å². The average molecular weight is 527 g/mol. The molecule has 0 radical (unpaired) electrons. The van der Waals surface area contributed by atoms with Crippen LogP contribution in [0.1, 0.15) is 98.8 Å². The predicted molar refractivity (Wildman–Crippen MR) is 157 cm³/mol. The van der Waals surface area contributed by atoms with Gasteiger partial charge >= 0.3 is 0 Å². The van der Waals surface area contributed by atoms with Crippen LogP contribution in [0.2, 0.25) is 0 Å². The van der Waals surface area contributed by atoms with Gasteiger partial charge in [-0.1, -0.05) is 69.6 Å². The van der Waals surface area contributed by atoms with E-state index < -0.39 is 4.92 Å². The normalized spacial score (nSPS) is 11.6. The predicted octanol–water partition coefficient (Wildman–Crippen LogP) is 8.52. The highest BCUT2D eigenvalue weighted by molar-refractivity contribution is 5.89. The molecule has 0 aliphatic heterocycles. The zero-order valence-corrected chi connectivity index (χ0v) is 24.0. The molecule has 0 N–H and O–H groups in total. The third-order valence-electron chi connectivity index (χ3n) is 6.60. The Balaban J connectivity index is 2.45. The van der Waals surface area contributed by atoms with Crippen molar-refractivity contribution in [2.24, 2.45) is 0 Å². The van der Waals surface area contributed by atoms with E-state index in [1.165, 1.54) is 42.5 Å². The number of pyridine rings is 1. The Morgan fingerprint density at radius 2 is 1.66 bits per heavy atom. The highest BCUT2D eigenvalue weighted by Crippen LogP contribution is 2.35. The Labute approximate surface area is 227 Å². The summed E-state index contributed by atoms with van der Waals surface area (Å²) in [5, 5.41) is 12.2. The maximum atomic E-state index is 13.7. The lowest BCUT2D eigenvalue weighted by Crippen LogP contribution is -2.24. The molecule has 1 aromatic carbocycles. The molecule has 0 bridgehead atoms. The monoisotopic (exact) mass is 526 g/mol. The van der Waals surface area contributed by atoms with E-state index in [2.05, 4.69) is 40.7 Å². The summed E-state index contributed by atoms with van der Waals surface area (Å²) in [7, 11) is 0. The van der Waals surface area contributed by atoms with Crippen molar-refractivity contribution in [2.75, 3.05) is 13.2 Å². The van der Waals surface area contributed by atoms with Crippen molar-refractivity contribution in [3.8, 4) is 11.5 Å². The van der Waals surface area contributed by atoms with Gasteiger partial charge in [0.05, 0.1) is 17.0 Å². The van der Waals surface area contributed by atoms with E-state index in [-0.39, 0.29) is 23.6 Å². The number of allylic oxidation sites excluding steroid dienone is 3. The van der Waals surface area contributed by atoms with E-state index in [1.807, 2.05) is 6.08 Å². The summed E-state index contributed by atoms with van der Waals surface area (Å²) >= 11 is 0. The second-order valence-electron chi connectivity index (χ2n) is 10.2. The maximum absolute atomic E-state index is 13.7. The molecule has 0 spiro atoms. The molecule has 0 amide bonds. The van der Waals surface area contributed by atoms with Gasteiger partial charge in [0, 0.05) is 24.1 Å². The molecule has 2 rings (SSSR count). The largest absolute Gasteiger partial charge is 0.485 e. The number of non-ortho nitro benzene ring substituents is 1. The highest BCUT2D eigenvalue weighted by Gasteiger charge is 2.21. The minimum atomic E-state index is -0.427. The van der Waals surface area contributed by atoms with Gasteiger partial charge in [-0.3, -0.25) is 14.9 Å². The van der Waals surface area contributed by atoms with E-state index in [9.17, 15) is 14.9 Å². The van der Waals surface area contributed by atoms with Crippen molar-refractivity contribution >= 4 is 16.6 Å². The Hall–Kier alpha value is -3.09. The van der Waals surface area contributed by atoms with Crippen LogP contribution in [0.5, 0.6) is 11.5 Å². The van der Waals surface area contributed by atoms with Crippen LogP contribution < -0.4 is 15.0 Å². The van der Waals surface area contributed by atoms with Crippen molar-refractivity contribution in [1.82, 2.24) is 4.57 Å². The number of hydrogen-bond acceptors (Lipinski definition) is 5. The molecular formula is C31H46N2O5. The lowest BCUT2D eigenvalue weighted by Gasteiger charge is -2.18. The lowest BCUT2D eigenvalue weighted by atomic mass is 10.1. The standard InChI is InChI=1S/C31H46N2O5/c1-6-8-10-11-12-13-20-32-28-23-26(33(35)36)17-18-27(28)29(30(31(32)34)37-21-9-7-2)38-22-19-25(5)16-14-15-24(3)4/h15,17-19,23H,6-14,16,20-22H2,1-5H3/b25-19+. The number of aromatic nitrogens is 1. The van der Waals surface area contributed by atoms with Crippen LogP contribution in [0.15, 0.2) is 46.3 Å². The summed E-state index contributed by atoms with van der Waals surface area (Å²) < 4.78 is 13.8. The van der Waals surface area contributed by atoms with Crippen molar-refractivity contribution in [1.29, 1.82) is 0 Å². The summed E-state index contributed by atoms with van der Waals surface area (Å²) in [6.45, 7) is 11.7. The van der Waals surface area contributed by atoms with E-state index >= 15 is 0 Å².